The molecule has 1 fully saturated rings. The number of hydrogen-bond donors (Lipinski definition) is 9. The molecule has 7 atom stereocenters. The zero-order valence-corrected chi connectivity index (χ0v) is 25.0. The molecule has 0 spiro atoms. The summed E-state index contributed by atoms with van der Waals surface area (Å²) in [5, 5.41) is 22.9. The van der Waals surface area contributed by atoms with Crippen molar-refractivity contribution in [2.45, 2.75) is 64.2 Å². The van der Waals surface area contributed by atoms with Crippen molar-refractivity contribution in [3.63, 3.8) is 0 Å². The lowest BCUT2D eigenvalue weighted by atomic mass is 9.81. The highest BCUT2D eigenvalue weighted by Gasteiger charge is 2.47. The van der Waals surface area contributed by atoms with Gasteiger partial charge in [-0.3, -0.25) is 18.9 Å². The Hall–Kier alpha value is -1.60. The van der Waals surface area contributed by atoms with Crippen molar-refractivity contribution in [1.29, 1.82) is 0 Å². The molecule has 0 aliphatic carbocycles. The average Bonchev–Trinajstić information content (AvgIpc) is 3.29. The summed E-state index contributed by atoms with van der Waals surface area (Å²) in [6.45, 7) is 5.72. The lowest BCUT2D eigenvalue weighted by Gasteiger charge is -2.33. The molecule has 0 aromatic carbocycles. The molecule has 23 heteroatoms. The number of rotatable bonds is 13. The van der Waals surface area contributed by atoms with Gasteiger partial charge in [0.2, 0.25) is 5.95 Å². The minimum absolute atomic E-state index is 0.101. The fourth-order valence-electron chi connectivity index (χ4n) is 4.34. The number of hydrogen-bond acceptors (Lipinski definition) is 14. The number of aliphatic hydroxyl groups excluding tert-OH is 2. The Balaban J connectivity index is 1.61. The number of aromatic nitrogens is 4. The van der Waals surface area contributed by atoms with E-state index in [0.29, 0.717) is 6.42 Å². The summed E-state index contributed by atoms with van der Waals surface area (Å²) >= 11 is 0. The molecule has 2 aromatic rings. The Bertz CT molecular complexity index is 1460. The number of ether oxygens (including phenoxy) is 1. The van der Waals surface area contributed by atoms with Crippen LogP contribution < -0.4 is 22.1 Å². The predicted octanol–water partition coefficient (Wildman–Crippen LogP) is -0.585. The Kier molecular flexibility index (Phi) is 9.78. The van der Waals surface area contributed by atoms with E-state index >= 15 is 0 Å². The third-order valence-corrected chi connectivity index (χ3v) is 9.97. The van der Waals surface area contributed by atoms with Gasteiger partial charge >= 0.3 is 23.4 Å². The van der Waals surface area contributed by atoms with Crippen LogP contribution in [-0.4, -0.2) is 81.4 Å². The number of H-pyrrole nitrogens is 1. The van der Waals surface area contributed by atoms with Crippen LogP contribution in [0.25, 0.3) is 11.2 Å². The number of nitrogens with zero attached hydrogens (tertiary/aromatic N) is 3. The van der Waals surface area contributed by atoms with Crippen molar-refractivity contribution in [1.82, 2.24) is 24.6 Å². The SMILES string of the molecule is CC(C)(N)CC(C)(C)CNP(=O)(O)OP(=O)(O)OP(=O)(O)OC[C@H]1O[C@@H](n2cnc3c(=O)[nH]c(N)nc32)C(O)C1O. The first-order valence-corrected chi connectivity index (χ1v) is 16.4. The smallest absolute Gasteiger partial charge is 0.387 e. The van der Waals surface area contributed by atoms with Crippen molar-refractivity contribution in [2.75, 3.05) is 18.9 Å². The fraction of sp³-hybridized carbons (Fsp3) is 0.722. The van der Waals surface area contributed by atoms with Crippen LogP contribution in [0, 0.1) is 5.41 Å². The molecular weight excluding hydrogens is 615 g/mol. The number of anilines is 1. The van der Waals surface area contributed by atoms with E-state index < -0.39 is 71.1 Å². The monoisotopic (exact) mass is 649 g/mol. The largest absolute Gasteiger partial charge is 0.489 e. The van der Waals surface area contributed by atoms with Gasteiger partial charge in [0.1, 0.15) is 18.3 Å². The molecule has 0 amide bonds. The highest BCUT2D eigenvalue weighted by Crippen LogP contribution is 2.66. The second kappa shape index (κ2) is 11.8. The van der Waals surface area contributed by atoms with Gasteiger partial charge < -0.3 is 41.1 Å². The van der Waals surface area contributed by atoms with Gasteiger partial charge in [0, 0.05) is 12.1 Å². The van der Waals surface area contributed by atoms with Crippen LogP contribution in [0.2, 0.25) is 0 Å². The first kappa shape index (κ1) is 33.9. The number of imidazole rings is 1. The molecule has 3 rings (SSSR count). The molecule has 1 aliphatic rings. The predicted molar refractivity (Wildman–Crippen MR) is 141 cm³/mol. The third-order valence-electron chi connectivity index (χ3n) is 5.58. The van der Waals surface area contributed by atoms with Crippen LogP contribution in [0.4, 0.5) is 5.95 Å². The molecule has 5 unspecified atom stereocenters. The highest BCUT2D eigenvalue weighted by molar-refractivity contribution is 7.67. The number of nitrogens with one attached hydrogen (secondary N) is 2. The molecule has 0 bridgehead atoms. The Labute approximate surface area is 232 Å². The molecule has 0 radical (unpaired) electrons. The van der Waals surface area contributed by atoms with Gasteiger partial charge in [-0.2, -0.15) is 13.6 Å². The van der Waals surface area contributed by atoms with Crippen LogP contribution in [0.15, 0.2) is 11.1 Å². The summed E-state index contributed by atoms with van der Waals surface area (Å²) < 4.78 is 56.3. The Morgan fingerprint density at radius 1 is 1.12 bits per heavy atom. The van der Waals surface area contributed by atoms with E-state index in [1.807, 2.05) is 0 Å². The van der Waals surface area contributed by atoms with Gasteiger partial charge in [-0.25, -0.2) is 23.8 Å². The van der Waals surface area contributed by atoms with Crippen LogP contribution in [0.1, 0.15) is 40.3 Å². The fourth-order valence-corrected chi connectivity index (χ4v) is 8.27. The van der Waals surface area contributed by atoms with Gasteiger partial charge in [0.15, 0.2) is 17.4 Å². The van der Waals surface area contributed by atoms with E-state index in [2.05, 4.69) is 33.2 Å². The van der Waals surface area contributed by atoms with Gasteiger partial charge in [-0.1, -0.05) is 13.8 Å². The summed E-state index contributed by atoms with van der Waals surface area (Å²) in [5.41, 5.74) is 9.26. The van der Waals surface area contributed by atoms with Crippen LogP contribution >= 0.6 is 23.4 Å². The maximum Gasteiger partial charge on any atom is 0.489 e. The number of phosphoric ester groups is 1. The molecule has 3 heterocycles. The van der Waals surface area contributed by atoms with Crippen molar-refractivity contribution in [3.05, 3.63) is 16.7 Å². The molecule has 0 saturated carbocycles. The molecule has 1 aliphatic heterocycles. The van der Waals surface area contributed by atoms with Crippen LogP contribution in [0.5, 0.6) is 0 Å². The number of aromatic amines is 1. The zero-order chi connectivity index (χ0) is 31.2. The van der Waals surface area contributed by atoms with E-state index in [1.165, 1.54) is 0 Å². The molecule has 20 nitrogen and oxygen atoms in total. The topological polar surface area (TPSA) is 317 Å². The summed E-state index contributed by atoms with van der Waals surface area (Å²) in [6.07, 6.45) is -4.90. The van der Waals surface area contributed by atoms with Crippen molar-refractivity contribution < 1.29 is 56.5 Å². The normalized spacial score (nSPS) is 26.5. The molecular formula is C18H34N7O13P3. The maximum absolute atomic E-state index is 12.3. The first-order chi connectivity index (χ1) is 18.5. The number of fused-ring (bicyclic) bond motifs is 1. The second-order valence-electron chi connectivity index (χ2n) is 10.9. The summed E-state index contributed by atoms with van der Waals surface area (Å²) in [6, 6.07) is 0. The number of nitrogen functional groups attached to an aromatic ring is 1. The molecule has 1 saturated heterocycles. The van der Waals surface area contributed by atoms with E-state index in [4.69, 9.17) is 16.2 Å². The van der Waals surface area contributed by atoms with Gasteiger partial charge in [0.05, 0.1) is 12.9 Å². The van der Waals surface area contributed by atoms with E-state index in [-0.39, 0.29) is 23.7 Å². The van der Waals surface area contributed by atoms with E-state index in [9.17, 15) is 43.4 Å². The lowest BCUT2D eigenvalue weighted by Crippen LogP contribution is -2.41. The molecule has 234 valence electrons. The van der Waals surface area contributed by atoms with E-state index in [0.717, 1.165) is 10.9 Å². The van der Waals surface area contributed by atoms with Crippen molar-refractivity contribution >= 4 is 40.5 Å². The van der Waals surface area contributed by atoms with Gasteiger partial charge in [-0.15, -0.1) is 0 Å². The summed E-state index contributed by atoms with van der Waals surface area (Å²) in [5.74, 6) is -0.267. The van der Waals surface area contributed by atoms with Crippen molar-refractivity contribution in [2.24, 2.45) is 11.1 Å². The minimum atomic E-state index is -5.69. The standard InChI is InChI=1S/C18H34N7O13P3/c1-17(2,6-18(3,4)20)7-22-39(29,30)37-41(33,34)38-40(31,32)35-5-9-11(26)12(27)15(36-9)25-8-21-10-13(25)23-16(19)24-14(10)28/h8-9,11-12,15,26-27H,5-7,20H2,1-4H3,(H,31,32)(H,33,34)(H2,22,29,30)(H3,19,23,24,28)/t9-,11?,12?,15-/m1/s1. The number of nitrogens with two attached hydrogens (primary N) is 2. The summed E-state index contributed by atoms with van der Waals surface area (Å²) in [7, 11) is -16.2. The molecule has 11 N–H and O–H groups in total. The minimum Gasteiger partial charge on any atom is -0.387 e. The lowest BCUT2D eigenvalue weighted by molar-refractivity contribution is -0.0503. The second-order valence-corrected chi connectivity index (χ2v) is 15.7. The van der Waals surface area contributed by atoms with Gasteiger partial charge in [0.25, 0.3) is 5.56 Å². The summed E-state index contributed by atoms with van der Waals surface area (Å²) in [4.78, 5) is 51.7. The first-order valence-electron chi connectivity index (χ1n) is 11.8. The Morgan fingerprint density at radius 2 is 1.76 bits per heavy atom. The highest BCUT2D eigenvalue weighted by atomic mass is 31.3. The quantitative estimate of drug-likeness (QED) is 0.122. The van der Waals surface area contributed by atoms with Crippen LogP contribution in [0.3, 0.4) is 0 Å². The van der Waals surface area contributed by atoms with Crippen molar-refractivity contribution in [3.8, 4) is 0 Å². The number of phosphoric acid groups is 2. The third kappa shape index (κ3) is 9.19. The molecule has 41 heavy (non-hydrogen) atoms. The molecule has 2 aromatic heterocycles. The number of aliphatic hydroxyl groups is 2. The Morgan fingerprint density at radius 3 is 2.37 bits per heavy atom. The van der Waals surface area contributed by atoms with E-state index in [1.54, 1.807) is 27.7 Å². The van der Waals surface area contributed by atoms with Gasteiger partial charge in [-0.05, 0) is 25.7 Å². The maximum atomic E-state index is 12.3. The van der Waals surface area contributed by atoms with Crippen LogP contribution in [-0.2, 0) is 31.6 Å². The zero-order valence-electron chi connectivity index (χ0n) is 22.3. The average molecular weight is 649 g/mol.